The summed E-state index contributed by atoms with van der Waals surface area (Å²) in [5.41, 5.74) is 2.86. The zero-order chi connectivity index (χ0) is 15.4. The van der Waals surface area contributed by atoms with Crippen molar-refractivity contribution in [3.05, 3.63) is 63.6 Å². The van der Waals surface area contributed by atoms with Gasteiger partial charge in [0.1, 0.15) is 5.56 Å². The van der Waals surface area contributed by atoms with Crippen molar-refractivity contribution in [2.24, 2.45) is 7.05 Å². The second-order valence-corrected chi connectivity index (χ2v) is 4.95. The number of rotatable bonds is 4. The summed E-state index contributed by atoms with van der Waals surface area (Å²) in [4.78, 5) is 24.4. The SMILES string of the molecule is CCc1cccc(CC)c1NC(=O)c1cccn(C)c1=O. The molecule has 0 saturated heterocycles. The fraction of sp³-hybridized carbons (Fsp3) is 0.294. The molecular formula is C17H20N2O2. The molecule has 4 heteroatoms. The van der Waals surface area contributed by atoms with Crippen LogP contribution in [-0.4, -0.2) is 10.5 Å². The molecule has 1 heterocycles. The lowest BCUT2D eigenvalue weighted by atomic mass is 10.0. The number of aromatic nitrogens is 1. The molecule has 0 aliphatic carbocycles. The number of aryl methyl sites for hydroxylation is 3. The van der Waals surface area contributed by atoms with Gasteiger partial charge in [-0.1, -0.05) is 32.0 Å². The Labute approximate surface area is 124 Å². The van der Waals surface area contributed by atoms with Crippen molar-refractivity contribution in [1.82, 2.24) is 4.57 Å². The van der Waals surface area contributed by atoms with Gasteiger partial charge >= 0.3 is 0 Å². The lowest BCUT2D eigenvalue weighted by Crippen LogP contribution is -2.27. The Balaban J connectivity index is 2.40. The zero-order valence-corrected chi connectivity index (χ0v) is 12.6. The average Bonchev–Trinajstić information content (AvgIpc) is 2.50. The highest BCUT2D eigenvalue weighted by atomic mass is 16.2. The molecule has 0 fully saturated rings. The van der Waals surface area contributed by atoms with E-state index >= 15 is 0 Å². The Bertz CT molecular complexity index is 695. The minimum absolute atomic E-state index is 0.160. The Morgan fingerprint density at radius 1 is 1.10 bits per heavy atom. The van der Waals surface area contributed by atoms with E-state index in [1.165, 1.54) is 4.57 Å². The number of nitrogens with one attached hydrogen (secondary N) is 1. The van der Waals surface area contributed by atoms with Crippen LogP contribution in [0.4, 0.5) is 5.69 Å². The average molecular weight is 284 g/mol. The number of nitrogens with zero attached hydrogens (tertiary/aromatic N) is 1. The molecular weight excluding hydrogens is 264 g/mol. The highest BCUT2D eigenvalue weighted by Crippen LogP contribution is 2.22. The van der Waals surface area contributed by atoms with Crippen molar-refractivity contribution in [1.29, 1.82) is 0 Å². The lowest BCUT2D eigenvalue weighted by Gasteiger charge is -2.14. The van der Waals surface area contributed by atoms with Crippen LogP contribution < -0.4 is 10.9 Å². The summed E-state index contributed by atoms with van der Waals surface area (Å²) >= 11 is 0. The first-order chi connectivity index (χ1) is 10.1. The monoisotopic (exact) mass is 284 g/mol. The number of amides is 1. The van der Waals surface area contributed by atoms with Gasteiger partial charge in [0.05, 0.1) is 0 Å². The van der Waals surface area contributed by atoms with E-state index in [0.717, 1.165) is 29.7 Å². The number of hydrogen-bond donors (Lipinski definition) is 1. The van der Waals surface area contributed by atoms with Gasteiger partial charge in [-0.15, -0.1) is 0 Å². The summed E-state index contributed by atoms with van der Waals surface area (Å²) in [6.45, 7) is 4.10. The van der Waals surface area contributed by atoms with E-state index in [2.05, 4.69) is 5.32 Å². The van der Waals surface area contributed by atoms with Crippen molar-refractivity contribution >= 4 is 11.6 Å². The Morgan fingerprint density at radius 3 is 2.29 bits per heavy atom. The predicted octanol–water partition coefficient (Wildman–Crippen LogP) is 2.76. The fourth-order valence-electron chi connectivity index (χ4n) is 2.35. The van der Waals surface area contributed by atoms with E-state index in [9.17, 15) is 9.59 Å². The van der Waals surface area contributed by atoms with Gasteiger partial charge in [0, 0.05) is 18.9 Å². The maximum atomic E-state index is 12.4. The molecule has 1 aromatic heterocycles. The summed E-state index contributed by atoms with van der Waals surface area (Å²) < 4.78 is 1.40. The largest absolute Gasteiger partial charge is 0.321 e. The normalized spacial score (nSPS) is 10.4. The molecule has 0 bridgehead atoms. The molecule has 1 N–H and O–H groups in total. The molecule has 1 aromatic carbocycles. The molecule has 2 aromatic rings. The summed E-state index contributed by atoms with van der Waals surface area (Å²) in [5, 5.41) is 2.91. The first kappa shape index (κ1) is 15.0. The van der Waals surface area contributed by atoms with Crippen molar-refractivity contribution in [2.75, 3.05) is 5.32 Å². The maximum Gasteiger partial charge on any atom is 0.263 e. The van der Waals surface area contributed by atoms with Gasteiger partial charge in [-0.2, -0.15) is 0 Å². The first-order valence-corrected chi connectivity index (χ1v) is 7.16. The maximum absolute atomic E-state index is 12.4. The number of anilines is 1. The molecule has 21 heavy (non-hydrogen) atoms. The van der Waals surface area contributed by atoms with Crippen LogP contribution in [0.15, 0.2) is 41.3 Å². The van der Waals surface area contributed by atoms with Crippen LogP contribution in [0.2, 0.25) is 0 Å². The van der Waals surface area contributed by atoms with E-state index in [1.807, 2.05) is 32.0 Å². The van der Waals surface area contributed by atoms with Gasteiger partial charge in [-0.05, 0) is 36.1 Å². The molecule has 1 amide bonds. The Kier molecular flexibility index (Phi) is 4.58. The van der Waals surface area contributed by atoms with E-state index in [0.29, 0.717) is 0 Å². The molecule has 4 nitrogen and oxygen atoms in total. The van der Waals surface area contributed by atoms with Crippen molar-refractivity contribution in [3.8, 4) is 0 Å². The van der Waals surface area contributed by atoms with Gasteiger partial charge in [-0.25, -0.2) is 0 Å². The van der Waals surface area contributed by atoms with E-state index in [1.54, 1.807) is 25.4 Å². The lowest BCUT2D eigenvalue weighted by molar-refractivity contribution is 0.102. The standard InChI is InChI=1S/C17H20N2O2/c1-4-12-8-6-9-13(5-2)15(12)18-16(20)14-10-7-11-19(3)17(14)21/h6-11H,4-5H2,1-3H3,(H,18,20). The summed E-state index contributed by atoms with van der Waals surface area (Å²) in [6, 6.07) is 9.24. The fourth-order valence-corrected chi connectivity index (χ4v) is 2.35. The number of pyridine rings is 1. The first-order valence-electron chi connectivity index (χ1n) is 7.16. The summed E-state index contributed by atoms with van der Waals surface area (Å²) in [6.07, 6.45) is 3.29. The summed E-state index contributed by atoms with van der Waals surface area (Å²) in [7, 11) is 1.64. The topological polar surface area (TPSA) is 51.1 Å². The van der Waals surface area contributed by atoms with Crippen molar-refractivity contribution in [3.63, 3.8) is 0 Å². The number of para-hydroxylation sites is 1. The van der Waals surface area contributed by atoms with Crippen LogP contribution in [0.5, 0.6) is 0 Å². The Hall–Kier alpha value is -2.36. The van der Waals surface area contributed by atoms with E-state index < -0.39 is 0 Å². The van der Waals surface area contributed by atoms with Gasteiger partial charge in [0.25, 0.3) is 11.5 Å². The number of benzene rings is 1. The van der Waals surface area contributed by atoms with Crippen LogP contribution in [0, 0.1) is 0 Å². The minimum Gasteiger partial charge on any atom is -0.321 e. The van der Waals surface area contributed by atoms with Crippen LogP contribution in [0.3, 0.4) is 0 Å². The molecule has 0 radical (unpaired) electrons. The van der Waals surface area contributed by atoms with E-state index in [-0.39, 0.29) is 17.0 Å². The zero-order valence-electron chi connectivity index (χ0n) is 12.6. The molecule has 0 spiro atoms. The van der Waals surface area contributed by atoms with E-state index in [4.69, 9.17) is 0 Å². The van der Waals surface area contributed by atoms with Gasteiger partial charge in [0.2, 0.25) is 0 Å². The third kappa shape index (κ3) is 3.05. The molecule has 0 aliphatic heterocycles. The number of hydrogen-bond acceptors (Lipinski definition) is 2. The molecule has 0 aliphatic rings. The van der Waals surface area contributed by atoms with Gasteiger partial charge < -0.3 is 9.88 Å². The third-order valence-corrected chi connectivity index (χ3v) is 3.61. The van der Waals surface area contributed by atoms with Crippen LogP contribution >= 0.6 is 0 Å². The van der Waals surface area contributed by atoms with Crippen LogP contribution in [-0.2, 0) is 19.9 Å². The van der Waals surface area contributed by atoms with Crippen LogP contribution in [0.25, 0.3) is 0 Å². The molecule has 0 unspecified atom stereocenters. The van der Waals surface area contributed by atoms with Crippen molar-refractivity contribution < 1.29 is 4.79 Å². The quantitative estimate of drug-likeness (QED) is 0.938. The third-order valence-electron chi connectivity index (χ3n) is 3.61. The molecule has 110 valence electrons. The van der Waals surface area contributed by atoms with Gasteiger partial charge in [0.15, 0.2) is 0 Å². The smallest absolute Gasteiger partial charge is 0.263 e. The van der Waals surface area contributed by atoms with Crippen LogP contribution in [0.1, 0.15) is 35.3 Å². The highest BCUT2D eigenvalue weighted by Gasteiger charge is 2.14. The Morgan fingerprint density at radius 2 is 1.71 bits per heavy atom. The highest BCUT2D eigenvalue weighted by molar-refractivity contribution is 6.04. The van der Waals surface area contributed by atoms with Crippen molar-refractivity contribution in [2.45, 2.75) is 26.7 Å². The van der Waals surface area contributed by atoms with Gasteiger partial charge in [-0.3, -0.25) is 9.59 Å². The number of carbonyl (C=O) groups is 1. The second-order valence-electron chi connectivity index (χ2n) is 4.95. The second kappa shape index (κ2) is 6.39. The predicted molar refractivity (Wildman–Crippen MR) is 84.8 cm³/mol. The molecule has 2 rings (SSSR count). The number of carbonyl (C=O) groups excluding carboxylic acids is 1. The summed E-state index contributed by atoms with van der Waals surface area (Å²) in [5.74, 6) is -0.355. The minimum atomic E-state index is -0.355. The molecule has 0 atom stereocenters. The molecule has 0 saturated carbocycles.